The van der Waals surface area contributed by atoms with Crippen LogP contribution in [-0.4, -0.2) is 43.9 Å². The molecule has 2 heterocycles. The highest BCUT2D eigenvalue weighted by atomic mass is 32.2. The second-order valence-electron chi connectivity index (χ2n) is 7.03. The van der Waals surface area contributed by atoms with Crippen molar-refractivity contribution in [3.8, 4) is 0 Å². The minimum Gasteiger partial charge on any atom is -0.354 e. The van der Waals surface area contributed by atoms with Crippen molar-refractivity contribution in [2.24, 2.45) is 0 Å². The highest BCUT2D eigenvalue weighted by Gasteiger charge is 2.32. The summed E-state index contributed by atoms with van der Waals surface area (Å²) in [4.78, 5) is 6.99. The van der Waals surface area contributed by atoms with Gasteiger partial charge in [0, 0.05) is 32.4 Å². The first-order chi connectivity index (χ1) is 12.2. The van der Waals surface area contributed by atoms with Gasteiger partial charge in [0.1, 0.15) is 5.82 Å². The summed E-state index contributed by atoms with van der Waals surface area (Å²) in [6, 6.07) is 5.80. The molecule has 6 heteroatoms. The van der Waals surface area contributed by atoms with Crippen molar-refractivity contribution in [1.82, 2.24) is 9.29 Å². The van der Waals surface area contributed by atoms with E-state index in [1.54, 1.807) is 10.5 Å². The second kappa shape index (κ2) is 7.00. The number of nitrogens with zero attached hydrogens (tertiary/aromatic N) is 3. The molecule has 0 saturated carbocycles. The van der Waals surface area contributed by atoms with Gasteiger partial charge < -0.3 is 4.90 Å². The molecule has 0 N–H and O–H groups in total. The van der Waals surface area contributed by atoms with Crippen LogP contribution in [0.5, 0.6) is 0 Å². The van der Waals surface area contributed by atoms with Crippen molar-refractivity contribution in [1.29, 1.82) is 0 Å². The Hall–Kier alpha value is -1.92. The summed E-state index contributed by atoms with van der Waals surface area (Å²) >= 11 is 0. The van der Waals surface area contributed by atoms with Crippen LogP contribution in [0, 0.1) is 34.6 Å². The molecule has 0 radical (unpaired) electrons. The second-order valence-corrected chi connectivity index (χ2v) is 8.91. The first-order valence-electron chi connectivity index (χ1n) is 8.98. The van der Waals surface area contributed by atoms with Crippen LogP contribution in [0.25, 0.3) is 0 Å². The lowest BCUT2D eigenvalue weighted by molar-refractivity contribution is 0.383. The standard InChI is InChI=1S/C20H27N3O2S/c1-14-15(2)17(4)20(18(5)16(14)3)26(24,25)23-12-10-22(11-13-23)19-8-6-7-9-21-19/h6-9H,10-13H2,1-5H3. The monoisotopic (exact) mass is 373 g/mol. The summed E-state index contributed by atoms with van der Waals surface area (Å²) in [5.74, 6) is 0.902. The van der Waals surface area contributed by atoms with Crippen molar-refractivity contribution >= 4 is 15.8 Å². The molecule has 5 nitrogen and oxygen atoms in total. The number of hydrogen-bond donors (Lipinski definition) is 0. The lowest BCUT2D eigenvalue weighted by Gasteiger charge is -2.35. The number of anilines is 1. The van der Waals surface area contributed by atoms with Gasteiger partial charge in [0.05, 0.1) is 4.90 Å². The maximum absolute atomic E-state index is 13.4. The van der Waals surface area contributed by atoms with Gasteiger partial charge in [0.2, 0.25) is 10.0 Å². The van der Waals surface area contributed by atoms with Gasteiger partial charge in [-0.25, -0.2) is 13.4 Å². The zero-order chi connectivity index (χ0) is 19.1. The van der Waals surface area contributed by atoms with E-state index in [0.717, 1.165) is 28.1 Å². The predicted octanol–water partition coefficient (Wildman–Crippen LogP) is 3.13. The highest BCUT2D eigenvalue weighted by molar-refractivity contribution is 7.89. The topological polar surface area (TPSA) is 53.5 Å². The average molecular weight is 374 g/mol. The molecule has 0 atom stereocenters. The Kier molecular flexibility index (Phi) is 5.08. The Morgan fingerprint density at radius 3 is 1.85 bits per heavy atom. The van der Waals surface area contributed by atoms with E-state index in [1.165, 1.54) is 5.56 Å². The third kappa shape index (κ3) is 3.12. The SMILES string of the molecule is Cc1c(C)c(C)c(S(=O)(=O)N2CCN(c3ccccn3)CC2)c(C)c1C. The summed E-state index contributed by atoms with van der Waals surface area (Å²) in [5.41, 5.74) is 5.06. The lowest BCUT2D eigenvalue weighted by atomic mass is 9.95. The smallest absolute Gasteiger partial charge is 0.243 e. The fourth-order valence-corrected chi connectivity index (χ4v) is 5.66. The molecule has 1 aliphatic rings. The molecule has 2 aromatic rings. The Morgan fingerprint density at radius 2 is 1.35 bits per heavy atom. The molecule has 3 rings (SSSR count). The zero-order valence-electron chi connectivity index (χ0n) is 16.2. The third-order valence-electron chi connectivity index (χ3n) is 5.74. The molecule has 0 unspecified atom stereocenters. The van der Waals surface area contributed by atoms with Crippen molar-refractivity contribution in [3.05, 3.63) is 52.2 Å². The van der Waals surface area contributed by atoms with Gasteiger partial charge in [-0.15, -0.1) is 0 Å². The van der Waals surface area contributed by atoms with Crippen LogP contribution in [0.3, 0.4) is 0 Å². The summed E-state index contributed by atoms with van der Waals surface area (Å²) in [6.07, 6.45) is 1.77. The number of benzene rings is 1. The molecule has 1 aliphatic heterocycles. The summed E-state index contributed by atoms with van der Waals surface area (Å²) < 4.78 is 28.4. The van der Waals surface area contributed by atoms with Crippen molar-refractivity contribution in [2.75, 3.05) is 31.1 Å². The van der Waals surface area contributed by atoms with Crippen molar-refractivity contribution < 1.29 is 8.42 Å². The molecule has 1 aromatic heterocycles. The van der Waals surface area contributed by atoms with Gasteiger partial charge >= 0.3 is 0 Å². The van der Waals surface area contributed by atoms with E-state index in [1.807, 2.05) is 45.9 Å². The molecular formula is C20H27N3O2S. The fraction of sp³-hybridized carbons (Fsp3) is 0.450. The molecule has 1 aromatic carbocycles. The number of pyridine rings is 1. The van der Waals surface area contributed by atoms with E-state index < -0.39 is 10.0 Å². The Bertz CT molecular complexity index is 887. The number of sulfonamides is 1. The van der Waals surface area contributed by atoms with Gasteiger partial charge in [0.25, 0.3) is 0 Å². The predicted molar refractivity (Wildman–Crippen MR) is 105 cm³/mol. The first kappa shape index (κ1) is 18.9. The van der Waals surface area contributed by atoms with Crippen LogP contribution in [0.4, 0.5) is 5.82 Å². The van der Waals surface area contributed by atoms with Crippen LogP contribution in [0.2, 0.25) is 0 Å². The molecule has 1 saturated heterocycles. The molecule has 26 heavy (non-hydrogen) atoms. The molecule has 0 spiro atoms. The van der Waals surface area contributed by atoms with Crippen LogP contribution >= 0.6 is 0 Å². The van der Waals surface area contributed by atoms with Crippen LogP contribution in [0.15, 0.2) is 29.3 Å². The fourth-order valence-electron chi connectivity index (χ4n) is 3.68. The van der Waals surface area contributed by atoms with E-state index in [-0.39, 0.29) is 0 Å². The van der Waals surface area contributed by atoms with E-state index in [4.69, 9.17) is 0 Å². The third-order valence-corrected chi connectivity index (χ3v) is 7.91. The minimum absolute atomic E-state index is 0.476. The number of hydrogen-bond acceptors (Lipinski definition) is 4. The van der Waals surface area contributed by atoms with Crippen molar-refractivity contribution in [2.45, 2.75) is 39.5 Å². The summed E-state index contributed by atoms with van der Waals surface area (Å²) in [6.45, 7) is 12.2. The summed E-state index contributed by atoms with van der Waals surface area (Å²) in [7, 11) is -3.50. The highest BCUT2D eigenvalue weighted by Crippen LogP contribution is 2.32. The lowest BCUT2D eigenvalue weighted by Crippen LogP contribution is -2.49. The normalized spacial score (nSPS) is 16.1. The van der Waals surface area contributed by atoms with Gasteiger partial charge in [-0.3, -0.25) is 0 Å². The van der Waals surface area contributed by atoms with Crippen LogP contribution in [-0.2, 0) is 10.0 Å². The van der Waals surface area contributed by atoms with E-state index in [9.17, 15) is 8.42 Å². The van der Waals surface area contributed by atoms with Crippen molar-refractivity contribution in [3.63, 3.8) is 0 Å². The molecule has 1 fully saturated rings. The maximum Gasteiger partial charge on any atom is 0.243 e. The van der Waals surface area contributed by atoms with E-state index in [2.05, 4.69) is 16.8 Å². The number of aromatic nitrogens is 1. The van der Waals surface area contributed by atoms with Gasteiger partial charge in [0.15, 0.2) is 0 Å². The molecule has 0 bridgehead atoms. The van der Waals surface area contributed by atoms with Gasteiger partial charge in [-0.05, 0) is 74.6 Å². The molecule has 0 aliphatic carbocycles. The minimum atomic E-state index is -3.50. The average Bonchev–Trinajstić information content (AvgIpc) is 2.65. The van der Waals surface area contributed by atoms with Gasteiger partial charge in [-0.2, -0.15) is 4.31 Å². The Balaban J connectivity index is 1.89. The Morgan fingerprint density at radius 1 is 0.808 bits per heavy atom. The number of rotatable bonds is 3. The molecule has 140 valence electrons. The zero-order valence-corrected chi connectivity index (χ0v) is 17.0. The van der Waals surface area contributed by atoms with Crippen LogP contribution in [0.1, 0.15) is 27.8 Å². The van der Waals surface area contributed by atoms with Crippen LogP contribution < -0.4 is 4.90 Å². The maximum atomic E-state index is 13.4. The van der Waals surface area contributed by atoms with Gasteiger partial charge in [-0.1, -0.05) is 6.07 Å². The van der Waals surface area contributed by atoms with E-state index >= 15 is 0 Å². The molecule has 0 amide bonds. The summed E-state index contributed by atoms with van der Waals surface area (Å²) in [5, 5.41) is 0. The largest absolute Gasteiger partial charge is 0.354 e. The molecular weight excluding hydrogens is 346 g/mol. The van der Waals surface area contributed by atoms with E-state index in [0.29, 0.717) is 31.1 Å². The first-order valence-corrected chi connectivity index (χ1v) is 10.4. The quantitative estimate of drug-likeness (QED) is 0.829. The number of piperazine rings is 1. The Labute approximate surface area is 156 Å².